The molecule has 1 fully saturated rings. The van der Waals surface area contributed by atoms with Gasteiger partial charge in [0.2, 0.25) is 0 Å². The number of amides is 1. The van der Waals surface area contributed by atoms with E-state index in [1.165, 1.54) is 0 Å². The van der Waals surface area contributed by atoms with E-state index < -0.39 is 12.1 Å². The highest BCUT2D eigenvalue weighted by Gasteiger charge is 2.21. The van der Waals surface area contributed by atoms with E-state index in [9.17, 15) is 9.59 Å². The number of rotatable bonds is 3. The highest BCUT2D eigenvalue weighted by Crippen LogP contribution is 2.23. The first-order valence-corrected chi connectivity index (χ1v) is 7.35. The van der Waals surface area contributed by atoms with E-state index in [0.29, 0.717) is 0 Å². The van der Waals surface area contributed by atoms with Gasteiger partial charge in [-0.25, -0.2) is 9.59 Å². The van der Waals surface area contributed by atoms with Gasteiger partial charge in [0.15, 0.2) is 0 Å². The molecule has 0 unspecified atom stereocenters. The first kappa shape index (κ1) is 15.9. The molecule has 5 nitrogen and oxygen atoms in total. The lowest BCUT2D eigenvalue weighted by atomic mass is 9.86. The highest BCUT2D eigenvalue weighted by molar-refractivity contribution is 5.86. The quantitative estimate of drug-likeness (QED) is 0.841. The van der Waals surface area contributed by atoms with Crippen LogP contribution in [0, 0.1) is 17.8 Å². The molecule has 0 aromatic heterocycles. The van der Waals surface area contributed by atoms with Crippen molar-refractivity contribution in [3.05, 3.63) is 35.9 Å². The maximum absolute atomic E-state index is 11.7. The molecule has 0 spiro atoms. The second kappa shape index (κ2) is 8.08. The van der Waals surface area contributed by atoms with Crippen LogP contribution in [-0.4, -0.2) is 23.2 Å². The zero-order valence-electron chi connectivity index (χ0n) is 12.2. The van der Waals surface area contributed by atoms with Crippen molar-refractivity contribution in [3.8, 4) is 11.8 Å². The molecule has 0 aliphatic heterocycles. The van der Waals surface area contributed by atoms with Crippen LogP contribution in [0.3, 0.4) is 0 Å². The molecule has 1 aromatic carbocycles. The average Bonchev–Trinajstić information content (AvgIpc) is 2.53. The molecule has 0 bridgehead atoms. The Kier molecular flexibility index (Phi) is 5.84. The third-order valence-electron chi connectivity index (χ3n) is 3.65. The summed E-state index contributed by atoms with van der Waals surface area (Å²) in [5.74, 6) is 3.93. The van der Waals surface area contributed by atoms with Crippen LogP contribution in [0.4, 0.5) is 4.79 Å². The fraction of sp³-hybridized carbons (Fsp3) is 0.412. The maximum Gasteiger partial charge on any atom is 0.407 e. The SMILES string of the molecule is O=C(O)C#CC1CCC(NC(=O)OCc2ccccc2)CC1. The van der Waals surface area contributed by atoms with Crippen LogP contribution in [0.2, 0.25) is 0 Å². The van der Waals surface area contributed by atoms with Gasteiger partial charge in [0, 0.05) is 17.9 Å². The van der Waals surface area contributed by atoms with E-state index in [4.69, 9.17) is 9.84 Å². The van der Waals surface area contributed by atoms with Crippen molar-refractivity contribution >= 4 is 12.1 Å². The summed E-state index contributed by atoms with van der Waals surface area (Å²) >= 11 is 0. The lowest BCUT2D eigenvalue weighted by Gasteiger charge is -2.26. The summed E-state index contributed by atoms with van der Waals surface area (Å²) < 4.78 is 5.18. The number of ether oxygens (including phenoxy) is 1. The van der Waals surface area contributed by atoms with Gasteiger partial charge < -0.3 is 15.2 Å². The maximum atomic E-state index is 11.7. The van der Waals surface area contributed by atoms with Crippen molar-refractivity contribution in [3.63, 3.8) is 0 Å². The number of alkyl carbamates (subject to hydrolysis) is 1. The van der Waals surface area contributed by atoms with E-state index >= 15 is 0 Å². The number of hydrogen-bond acceptors (Lipinski definition) is 3. The summed E-state index contributed by atoms with van der Waals surface area (Å²) in [5, 5.41) is 11.4. The number of carboxylic acids is 1. The molecule has 1 saturated carbocycles. The molecule has 1 aromatic rings. The third-order valence-corrected chi connectivity index (χ3v) is 3.65. The standard InChI is InChI=1S/C17H19NO4/c19-16(20)11-8-13-6-9-15(10-7-13)18-17(21)22-12-14-4-2-1-3-5-14/h1-5,13,15H,6-7,9-10,12H2,(H,18,21)(H,19,20). The molecule has 0 radical (unpaired) electrons. The summed E-state index contributed by atoms with van der Waals surface area (Å²) in [6, 6.07) is 9.59. The van der Waals surface area contributed by atoms with Crippen molar-refractivity contribution in [1.29, 1.82) is 0 Å². The van der Waals surface area contributed by atoms with Gasteiger partial charge in [-0.2, -0.15) is 0 Å². The van der Waals surface area contributed by atoms with Gasteiger partial charge in [-0.05, 0) is 31.2 Å². The summed E-state index contributed by atoms with van der Waals surface area (Å²) in [4.78, 5) is 22.1. The number of aliphatic carboxylic acids is 1. The van der Waals surface area contributed by atoms with E-state index in [-0.39, 0.29) is 18.6 Å². The van der Waals surface area contributed by atoms with Crippen molar-refractivity contribution < 1.29 is 19.4 Å². The Labute approximate surface area is 129 Å². The van der Waals surface area contributed by atoms with Gasteiger partial charge in [-0.15, -0.1) is 0 Å². The molecular weight excluding hydrogens is 282 g/mol. The summed E-state index contributed by atoms with van der Waals surface area (Å²) in [7, 11) is 0. The first-order chi connectivity index (χ1) is 10.6. The first-order valence-electron chi connectivity index (χ1n) is 7.35. The zero-order valence-corrected chi connectivity index (χ0v) is 12.2. The second-order valence-corrected chi connectivity index (χ2v) is 5.33. The molecule has 1 amide bonds. The van der Waals surface area contributed by atoms with Crippen molar-refractivity contribution in [2.45, 2.75) is 38.3 Å². The molecule has 5 heteroatoms. The molecule has 0 saturated heterocycles. The third kappa shape index (κ3) is 5.49. The van der Waals surface area contributed by atoms with Gasteiger partial charge in [-0.1, -0.05) is 36.3 Å². The number of hydrogen-bond donors (Lipinski definition) is 2. The largest absolute Gasteiger partial charge is 0.472 e. The molecule has 0 heterocycles. The summed E-state index contributed by atoms with van der Waals surface area (Å²) in [6.45, 7) is 0.256. The lowest BCUT2D eigenvalue weighted by molar-refractivity contribution is -0.130. The summed E-state index contributed by atoms with van der Waals surface area (Å²) in [5.41, 5.74) is 0.949. The van der Waals surface area contributed by atoms with Gasteiger partial charge in [0.1, 0.15) is 6.61 Å². The number of carbonyl (C=O) groups is 2. The van der Waals surface area contributed by atoms with Crippen LogP contribution >= 0.6 is 0 Å². The van der Waals surface area contributed by atoms with Gasteiger partial charge in [0.05, 0.1) is 0 Å². The Bertz CT molecular complexity index is 565. The van der Waals surface area contributed by atoms with Crippen LogP contribution in [0.15, 0.2) is 30.3 Å². The van der Waals surface area contributed by atoms with E-state index in [2.05, 4.69) is 17.2 Å². The van der Waals surface area contributed by atoms with Crippen LogP contribution in [0.5, 0.6) is 0 Å². The normalized spacial score (nSPS) is 20.4. The zero-order chi connectivity index (χ0) is 15.8. The predicted molar refractivity (Wildman–Crippen MR) is 80.9 cm³/mol. The van der Waals surface area contributed by atoms with Crippen molar-refractivity contribution in [2.24, 2.45) is 5.92 Å². The molecular formula is C17H19NO4. The van der Waals surface area contributed by atoms with Crippen LogP contribution in [-0.2, 0) is 16.1 Å². The van der Waals surface area contributed by atoms with Crippen molar-refractivity contribution in [1.82, 2.24) is 5.32 Å². The molecule has 116 valence electrons. The monoisotopic (exact) mass is 301 g/mol. The molecule has 22 heavy (non-hydrogen) atoms. The number of carboxylic acid groups (broad SMARTS) is 1. The Hall–Kier alpha value is -2.48. The van der Waals surface area contributed by atoms with E-state index in [0.717, 1.165) is 31.2 Å². The molecule has 1 aliphatic carbocycles. The molecule has 2 N–H and O–H groups in total. The number of carbonyl (C=O) groups excluding carboxylic acids is 1. The minimum Gasteiger partial charge on any atom is -0.472 e. The highest BCUT2D eigenvalue weighted by atomic mass is 16.5. The fourth-order valence-electron chi connectivity index (χ4n) is 2.48. The van der Waals surface area contributed by atoms with E-state index in [1.54, 1.807) is 0 Å². The molecule has 0 atom stereocenters. The van der Waals surface area contributed by atoms with Crippen LogP contribution in [0.1, 0.15) is 31.2 Å². The Morgan fingerprint density at radius 2 is 1.86 bits per heavy atom. The smallest absolute Gasteiger partial charge is 0.407 e. The van der Waals surface area contributed by atoms with Gasteiger partial charge in [-0.3, -0.25) is 0 Å². The second-order valence-electron chi connectivity index (χ2n) is 5.33. The predicted octanol–water partition coefficient (Wildman–Crippen LogP) is 2.56. The topological polar surface area (TPSA) is 75.6 Å². The number of nitrogens with one attached hydrogen (secondary N) is 1. The minimum atomic E-state index is -1.09. The Morgan fingerprint density at radius 3 is 2.50 bits per heavy atom. The summed E-state index contributed by atoms with van der Waals surface area (Å²) in [6.07, 6.45) is 2.76. The lowest BCUT2D eigenvalue weighted by Crippen LogP contribution is -2.37. The minimum absolute atomic E-state index is 0.0751. The van der Waals surface area contributed by atoms with Crippen molar-refractivity contribution in [2.75, 3.05) is 0 Å². The Morgan fingerprint density at radius 1 is 1.18 bits per heavy atom. The Balaban J connectivity index is 1.69. The average molecular weight is 301 g/mol. The number of benzene rings is 1. The van der Waals surface area contributed by atoms with Gasteiger partial charge >= 0.3 is 12.1 Å². The van der Waals surface area contributed by atoms with Crippen LogP contribution in [0.25, 0.3) is 0 Å². The van der Waals surface area contributed by atoms with Crippen LogP contribution < -0.4 is 5.32 Å². The molecule has 2 rings (SSSR count). The van der Waals surface area contributed by atoms with E-state index in [1.807, 2.05) is 30.3 Å². The molecule has 1 aliphatic rings. The fourth-order valence-corrected chi connectivity index (χ4v) is 2.48. The van der Waals surface area contributed by atoms with Gasteiger partial charge in [0.25, 0.3) is 0 Å².